The molecule has 1 aromatic carbocycles. The molecule has 1 saturated carbocycles. The van der Waals surface area contributed by atoms with Gasteiger partial charge in [0.25, 0.3) is 0 Å². The van der Waals surface area contributed by atoms with Crippen molar-refractivity contribution in [3.05, 3.63) is 53.3 Å². The van der Waals surface area contributed by atoms with Crippen LogP contribution in [0.15, 0.2) is 36.4 Å². The molecule has 0 spiro atoms. The fraction of sp³-hybridized carbons (Fsp3) is 0.421. The SMILES string of the molecule is CC.Cc1cc(-c2ccccc2)c2c(n1)C1CCC2C1. The van der Waals surface area contributed by atoms with Crippen LogP contribution < -0.4 is 0 Å². The van der Waals surface area contributed by atoms with Crippen LogP contribution in [0.5, 0.6) is 0 Å². The summed E-state index contributed by atoms with van der Waals surface area (Å²) >= 11 is 0. The maximum Gasteiger partial charge on any atom is 0.0478 e. The summed E-state index contributed by atoms with van der Waals surface area (Å²) in [6.07, 6.45) is 4.05. The molecule has 2 atom stereocenters. The molecule has 0 saturated heterocycles. The van der Waals surface area contributed by atoms with Gasteiger partial charge >= 0.3 is 0 Å². The van der Waals surface area contributed by atoms with Crippen molar-refractivity contribution < 1.29 is 0 Å². The first-order valence-electron chi connectivity index (χ1n) is 7.90. The van der Waals surface area contributed by atoms with Crippen molar-refractivity contribution in [1.29, 1.82) is 0 Å². The lowest BCUT2D eigenvalue weighted by molar-refractivity contribution is 0.695. The summed E-state index contributed by atoms with van der Waals surface area (Å²) in [5.74, 6) is 1.51. The van der Waals surface area contributed by atoms with Crippen LogP contribution in [0.1, 0.15) is 61.9 Å². The van der Waals surface area contributed by atoms with E-state index in [1.54, 1.807) is 5.56 Å². The van der Waals surface area contributed by atoms with Crippen molar-refractivity contribution in [3.8, 4) is 11.1 Å². The first-order valence-corrected chi connectivity index (χ1v) is 7.90. The van der Waals surface area contributed by atoms with E-state index >= 15 is 0 Å². The molecule has 2 unspecified atom stereocenters. The highest BCUT2D eigenvalue weighted by Gasteiger charge is 2.39. The van der Waals surface area contributed by atoms with E-state index in [1.165, 1.54) is 41.8 Å². The van der Waals surface area contributed by atoms with Crippen LogP contribution >= 0.6 is 0 Å². The molecule has 0 aliphatic heterocycles. The van der Waals surface area contributed by atoms with Gasteiger partial charge in [-0.2, -0.15) is 0 Å². The predicted octanol–water partition coefficient (Wildman–Crippen LogP) is 5.45. The van der Waals surface area contributed by atoms with Gasteiger partial charge in [0, 0.05) is 17.3 Å². The summed E-state index contributed by atoms with van der Waals surface area (Å²) in [5, 5.41) is 0. The number of nitrogens with zero attached hydrogens (tertiary/aromatic N) is 1. The molecule has 4 rings (SSSR count). The predicted molar refractivity (Wildman–Crippen MR) is 85.1 cm³/mol. The summed E-state index contributed by atoms with van der Waals surface area (Å²) < 4.78 is 0. The van der Waals surface area contributed by atoms with E-state index in [4.69, 9.17) is 4.98 Å². The van der Waals surface area contributed by atoms with E-state index in [2.05, 4.69) is 43.3 Å². The Bertz CT molecular complexity index is 601. The Hall–Kier alpha value is -1.63. The van der Waals surface area contributed by atoms with Crippen LogP contribution in [0.4, 0.5) is 0 Å². The van der Waals surface area contributed by atoms with E-state index in [1.807, 2.05) is 13.8 Å². The number of aromatic nitrogens is 1. The molecule has 2 aliphatic rings. The number of benzene rings is 1. The minimum Gasteiger partial charge on any atom is -0.258 e. The van der Waals surface area contributed by atoms with Gasteiger partial charge in [-0.1, -0.05) is 44.2 Å². The Morgan fingerprint density at radius 2 is 1.70 bits per heavy atom. The molecule has 0 radical (unpaired) electrons. The second-order valence-electron chi connectivity index (χ2n) is 5.68. The molecule has 2 aromatic rings. The summed E-state index contributed by atoms with van der Waals surface area (Å²) in [6.45, 7) is 6.12. The van der Waals surface area contributed by atoms with Crippen molar-refractivity contribution in [3.63, 3.8) is 0 Å². The highest BCUT2D eigenvalue weighted by molar-refractivity contribution is 5.71. The van der Waals surface area contributed by atoms with Gasteiger partial charge in [0.15, 0.2) is 0 Å². The average molecular weight is 265 g/mol. The van der Waals surface area contributed by atoms with E-state index in [9.17, 15) is 0 Å². The summed E-state index contributed by atoms with van der Waals surface area (Å²) in [7, 11) is 0. The van der Waals surface area contributed by atoms with Crippen LogP contribution in [0.3, 0.4) is 0 Å². The van der Waals surface area contributed by atoms with Crippen molar-refractivity contribution in [2.75, 3.05) is 0 Å². The molecule has 1 fully saturated rings. The Morgan fingerprint density at radius 3 is 2.45 bits per heavy atom. The standard InChI is InChI=1S/C17H17N.C2H6/c1-11-9-15(12-5-3-2-4-6-12)16-13-7-8-14(10-13)17(16)18-11;1-2/h2-6,9,13-14H,7-8,10H2,1H3;1-2H3. The molecule has 104 valence electrons. The van der Waals surface area contributed by atoms with Gasteiger partial charge in [0.2, 0.25) is 0 Å². The normalized spacial score (nSPS) is 22.1. The largest absolute Gasteiger partial charge is 0.258 e. The van der Waals surface area contributed by atoms with Crippen molar-refractivity contribution >= 4 is 0 Å². The molecule has 1 nitrogen and oxygen atoms in total. The Kier molecular flexibility index (Phi) is 3.60. The van der Waals surface area contributed by atoms with Crippen molar-refractivity contribution in [1.82, 2.24) is 4.98 Å². The van der Waals surface area contributed by atoms with Crippen LogP contribution in [0, 0.1) is 6.92 Å². The van der Waals surface area contributed by atoms with Gasteiger partial charge in [-0.3, -0.25) is 4.98 Å². The van der Waals surface area contributed by atoms with Gasteiger partial charge < -0.3 is 0 Å². The lowest BCUT2D eigenvalue weighted by Gasteiger charge is -2.19. The molecule has 0 amide bonds. The quantitative estimate of drug-likeness (QED) is 0.668. The van der Waals surface area contributed by atoms with Gasteiger partial charge in [0.05, 0.1) is 0 Å². The second-order valence-corrected chi connectivity index (χ2v) is 5.68. The Labute approximate surface area is 122 Å². The first kappa shape index (κ1) is 13.4. The zero-order valence-corrected chi connectivity index (χ0v) is 12.7. The van der Waals surface area contributed by atoms with Crippen molar-refractivity contribution in [2.45, 2.75) is 51.9 Å². The number of rotatable bonds is 1. The highest BCUT2D eigenvalue weighted by Crippen LogP contribution is 2.54. The summed E-state index contributed by atoms with van der Waals surface area (Å²) in [5.41, 5.74) is 6.92. The van der Waals surface area contributed by atoms with Crippen molar-refractivity contribution in [2.24, 2.45) is 0 Å². The third kappa shape index (κ3) is 2.06. The fourth-order valence-corrected chi connectivity index (χ4v) is 3.80. The van der Waals surface area contributed by atoms with Gasteiger partial charge in [-0.25, -0.2) is 0 Å². The topological polar surface area (TPSA) is 12.9 Å². The van der Waals surface area contributed by atoms with E-state index in [0.29, 0.717) is 0 Å². The fourth-order valence-electron chi connectivity index (χ4n) is 3.80. The van der Waals surface area contributed by atoms with Gasteiger partial charge in [0.1, 0.15) is 0 Å². The minimum atomic E-state index is 0.743. The number of pyridine rings is 1. The third-order valence-electron chi connectivity index (χ3n) is 4.53. The molecule has 20 heavy (non-hydrogen) atoms. The lowest BCUT2D eigenvalue weighted by Crippen LogP contribution is -2.04. The zero-order valence-electron chi connectivity index (χ0n) is 12.7. The van der Waals surface area contributed by atoms with Gasteiger partial charge in [-0.15, -0.1) is 0 Å². The van der Waals surface area contributed by atoms with E-state index in [-0.39, 0.29) is 0 Å². The highest BCUT2D eigenvalue weighted by atomic mass is 14.7. The van der Waals surface area contributed by atoms with Crippen LogP contribution in [-0.4, -0.2) is 4.98 Å². The first-order chi connectivity index (χ1) is 9.83. The number of hydrogen-bond acceptors (Lipinski definition) is 1. The summed E-state index contributed by atoms with van der Waals surface area (Å²) in [4.78, 5) is 4.82. The maximum atomic E-state index is 4.82. The van der Waals surface area contributed by atoms with Crippen LogP contribution in [-0.2, 0) is 0 Å². The monoisotopic (exact) mass is 265 g/mol. The molecular formula is C19H23N. The Balaban J connectivity index is 0.000000581. The second kappa shape index (κ2) is 5.40. The van der Waals surface area contributed by atoms with E-state index < -0.39 is 0 Å². The lowest BCUT2D eigenvalue weighted by atomic mass is 9.88. The van der Waals surface area contributed by atoms with Crippen LogP contribution in [0.25, 0.3) is 11.1 Å². The molecular weight excluding hydrogens is 242 g/mol. The molecule has 2 aliphatic carbocycles. The average Bonchev–Trinajstić information content (AvgIpc) is 3.11. The number of hydrogen-bond donors (Lipinski definition) is 0. The molecule has 0 N–H and O–H groups in total. The molecule has 2 bridgehead atoms. The number of fused-ring (bicyclic) bond motifs is 5. The smallest absolute Gasteiger partial charge is 0.0478 e. The molecule has 1 heterocycles. The Morgan fingerprint density at radius 1 is 1.00 bits per heavy atom. The van der Waals surface area contributed by atoms with E-state index in [0.717, 1.165) is 11.8 Å². The number of aryl methyl sites for hydroxylation is 1. The van der Waals surface area contributed by atoms with Gasteiger partial charge in [-0.05, 0) is 54.9 Å². The third-order valence-corrected chi connectivity index (χ3v) is 4.53. The maximum absolute atomic E-state index is 4.82. The summed E-state index contributed by atoms with van der Waals surface area (Å²) in [6, 6.07) is 13.1. The zero-order chi connectivity index (χ0) is 14.1. The molecule has 1 heteroatoms. The molecule has 1 aromatic heterocycles. The van der Waals surface area contributed by atoms with Crippen LogP contribution in [0.2, 0.25) is 0 Å². The minimum absolute atomic E-state index is 0.743.